The molecule has 1 saturated carbocycles. The highest BCUT2D eigenvalue weighted by Crippen LogP contribution is 2.43. The van der Waals surface area contributed by atoms with Crippen molar-refractivity contribution in [3.05, 3.63) is 22.6 Å². The average Bonchev–Trinajstić information content (AvgIpc) is 3.36. The van der Waals surface area contributed by atoms with Crippen molar-refractivity contribution in [2.45, 2.75) is 31.3 Å². The zero-order valence-electron chi connectivity index (χ0n) is 13.5. The van der Waals surface area contributed by atoms with Gasteiger partial charge in [0.25, 0.3) is 0 Å². The fraction of sp³-hybridized carbons (Fsp3) is 0.562. The quantitative estimate of drug-likeness (QED) is 0.794. The minimum Gasteiger partial charge on any atom is -0.334 e. The molecule has 4 heterocycles. The second-order valence-electron chi connectivity index (χ2n) is 7.03. The third-order valence-electron chi connectivity index (χ3n) is 5.73. The maximum absolute atomic E-state index is 12.7. The first-order valence-electron chi connectivity index (χ1n) is 8.50. The number of anilines is 1. The molecule has 3 atom stereocenters. The summed E-state index contributed by atoms with van der Waals surface area (Å²) in [5.74, 6) is 0.970. The van der Waals surface area contributed by atoms with Gasteiger partial charge in [-0.1, -0.05) is 17.7 Å². The Morgan fingerprint density at radius 2 is 2.04 bits per heavy atom. The van der Waals surface area contributed by atoms with Crippen LogP contribution in [0.2, 0.25) is 5.15 Å². The summed E-state index contributed by atoms with van der Waals surface area (Å²) in [7, 11) is 0. The summed E-state index contributed by atoms with van der Waals surface area (Å²) in [6, 6.07) is 2.34. The molecule has 3 fully saturated rings. The second-order valence-corrected chi connectivity index (χ2v) is 7.39. The van der Waals surface area contributed by atoms with E-state index in [1.54, 1.807) is 0 Å². The number of halogens is 1. The summed E-state index contributed by atoms with van der Waals surface area (Å²) in [4.78, 5) is 23.0. The van der Waals surface area contributed by atoms with Crippen molar-refractivity contribution in [1.82, 2.24) is 25.0 Å². The van der Waals surface area contributed by atoms with Gasteiger partial charge >= 0.3 is 6.03 Å². The lowest BCUT2D eigenvalue weighted by Gasteiger charge is -2.37. The first-order chi connectivity index (χ1) is 12.2. The number of hydrogen-bond donors (Lipinski definition) is 0. The van der Waals surface area contributed by atoms with E-state index in [9.17, 15) is 4.79 Å². The first kappa shape index (κ1) is 14.9. The molecule has 2 amide bonds. The zero-order chi connectivity index (χ0) is 17.1. The van der Waals surface area contributed by atoms with Crippen LogP contribution < -0.4 is 4.90 Å². The third-order valence-corrected chi connectivity index (χ3v) is 6.00. The predicted octanol–water partition coefficient (Wildman–Crippen LogP) is 1.39. The van der Waals surface area contributed by atoms with Crippen LogP contribution in [0.4, 0.5) is 10.7 Å². The molecule has 0 N–H and O–H groups in total. The van der Waals surface area contributed by atoms with E-state index in [4.69, 9.17) is 16.9 Å². The number of rotatable bonds is 2. The Balaban J connectivity index is 1.41. The number of carbonyl (C=O) groups excluding carboxylic acids is 1. The molecule has 3 aliphatic heterocycles. The molecule has 0 radical (unpaired) electrons. The molecule has 0 spiro atoms. The molecule has 25 heavy (non-hydrogen) atoms. The summed E-state index contributed by atoms with van der Waals surface area (Å²) in [6.45, 7) is 2.35. The van der Waals surface area contributed by atoms with Crippen molar-refractivity contribution in [3.63, 3.8) is 0 Å². The Morgan fingerprint density at radius 1 is 1.24 bits per heavy atom. The van der Waals surface area contributed by atoms with Crippen LogP contribution >= 0.6 is 11.6 Å². The van der Waals surface area contributed by atoms with Crippen LogP contribution in [0, 0.1) is 17.2 Å². The number of nitrogens with zero attached hydrogens (tertiary/aromatic N) is 7. The summed E-state index contributed by atoms with van der Waals surface area (Å²) in [6.07, 6.45) is 5.16. The zero-order valence-corrected chi connectivity index (χ0v) is 14.2. The Kier molecular flexibility index (Phi) is 3.16. The highest BCUT2D eigenvalue weighted by atomic mass is 35.5. The number of piperidine rings is 1. The molecule has 1 aliphatic carbocycles. The van der Waals surface area contributed by atoms with Gasteiger partial charge in [-0.05, 0) is 25.2 Å². The minimum absolute atomic E-state index is 0.0357. The van der Waals surface area contributed by atoms with Gasteiger partial charge in [-0.3, -0.25) is 4.90 Å². The second kappa shape index (κ2) is 5.30. The van der Waals surface area contributed by atoms with Crippen molar-refractivity contribution < 1.29 is 4.79 Å². The van der Waals surface area contributed by atoms with Crippen LogP contribution in [-0.4, -0.2) is 62.7 Å². The number of amides is 2. The lowest BCUT2D eigenvalue weighted by molar-refractivity contribution is 0.170. The minimum atomic E-state index is 0.0357. The van der Waals surface area contributed by atoms with E-state index < -0.39 is 0 Å². The molecule has 9 heteroatoms. The van der Waals surface area contributed by atoms with E-state index in [1.807, 2.05) is 15.9 Å². The Hall–Kier alpha value is -2.40. The molecule has 1 aromatic heterocycles. The summed E-state index contributed by atoms with van der Waals surface area (Å²) in [5, 5.41) is 17.0. The van der Waals surface area contributed by atoms with Gasteiger partial charge in [0.05, 0.1) is 18.6 Å². The van der Waals surface area contributed by atoms with Crippen LogP contribution in [0.25, 0.3) is 0 Å². The molecule has 128 valence electrons. The molecule has 8 nitrogen and oxygen atoms in total. The van der Waals surface area contributed by atoms with Gasteiger partial charge in [0.15, 0.2) is 10.8 Å². The summed E-state index contributed by atoms with van der Waals surface area (Å²) in [5.41, 5.74) is 1.17. The van der Waals surface area contributed by atoms with Crippen molar-refractivity contribution >= 4 is 23.6 Å². The number of nitriles is 1. The SMILES string of the molecule is N#Cc1nnc(N2CC3CC(N4CC5=CCCN5C4=O)C2C3)nc1Cl. The van der Waals surface area contributed by atoms with Gasteiger partial charge < -0.3 is 9.80 Å². The number of urea groups is 1. The maximum atomic E-state index is 12.7. The van der Waals surface area contributed by atoms with Crippen molar-refractivity contribution in [2.24, 2.45) is 5.92 Å². The molecule has 4 aliphatic rings. The highest BCUT2D eigenvalue weighted by molar-refractivity contribution is 6.30. The van der Waals surface area contributed by atoms with Gasteiger partial charge in [-0.15, -0.1) is 10.2 Å². The standard InChI is InChI=1S/C16H16ClN7O/c17-14-11(6-18)20-21-15(19-14)23-7-9-4-12(23)13(5-9)24-8-10-2-1-3-22(10)16(24)25/h2,9,12-13H,1,3-5,7-8H2. The lowest BCUT2D eigenvalue weighted by atomic mass is 10.0. The van der Waals surface area contributed by atoms with Crippen LogP contribution in [0.3, 0.4) is 0 Å². The molecule has 2 bridgehead atoms. The van der Waals surface area contributed by atoms with Crippen LogP contribution in [-0.2, 0) is 0 Å². The van der Waals surface area contributed by atoms with E-state index in [2.05, 4.69) is 26.2 Å². The van der Waals surface area contributed by atoms with Crippen molar-refractivity contribution in [2.75, 3.05) is 24.5 Å². The highest BCUT2D eigenvalue weighted by Gasteiger charge is 2.52. The van der Waals surface area contributed by atoms with E-state index in [0.29, 0.717) is 18.4 Å². The monoisotopic (exact) mass is 357 g/mol. The molecular weight excluding hydrogens is 342 g/mol. The third kappa shape index (κ3) is 2.12. The van der Waals surface area contributed by atoms with Crippen molar-refractivity contribution in [3.8, 4) is 6.07 Å². The molecule has 3 unspecified atom stereocenters. The number of carbonyl (C=O) groups is 1. The van der Waals surface area contributed by atoms with Gasteiger partial charge in [0.2, 0.25) is 5.95 Å². The van der Waals surface area contributed by atoms with Gasteiger partial charge in [-0.2, -0.15) is 10.2 Å². The molecular formula is C16H16ClN7O. The summed E-state index contributed by atoms with van der Waals surface area (Å²) >= 11 is 6.02. The Labute approximate surface area is 149 Å². The smallest absolute Gasteiger partial charge is 0.324 e. The number of hydrogen-bond acceptors (Lipinski definition) is 6. The average molecular weight is 358 g/mol. The van der Waals surface area contributed by atoms with Crippen LogP contribution in [0.15, 0.2) is 11.8 Å². The lowest BCUT2D eigenvalue weighted by Crippen LogP contribution is -2.52. The molecule has 0 aromatic carbocycles. The Bertz CT molecular complexity index is 834. The maximum Gasteiger partial charge on any atom is 0.324 e. The summed E-state index contributed by atoms with van der Waals surface area (Å²) < 4.78 is 0. The largest absolute Gasteiger partial charge is 0.334 e. The van der Waals surface area contributed by atoms with E-state index >= 15 is 0 Å². The van der Waals surface area contributed by atoms with Crippen LogP contribution in [0.1, 0.15) is 25.0 Å². The Morgan fingerprint density at radius 3 is 2.72 bits per heavy atom. The normalized spacial score (nSPS) is 30.1. The molecule has 2 saturated heterocycles. The first-order valence-corrected chi connectivity index (χ1v) is 8.87. The molecule has 5 rings (SSSR count). The predicted molar refractivity (Wildman–Crippen MR) is 88.7 cm³/mol. The van der Waals surface area contributed by atoms with E-state index in [1.165, 1.54) is 0 Å². The van der Waals surface area contributed by atoms with Gasteiger partial charge in [-0.25, -0.2) is 4.79 Å². The number of aromatic nitrogens is 3. The van der Waals surface area contributed by atoms with E-state index in [-0.39, 0.29) is 29.0 Å². The molecule has 1 aromatic rings. The van der Waals surface area contributed by atoms with Crippen molar-refractivity contribution in [1.29, 1.82) is 5.26 Å². The topological polar surface area (TPSA) is 89.3 Å². The van der Waals surface area contributed by atoms with Gasteiger partial charge in [0.1, 0.15) is 6.07 Å². The fourth-order valence-corrected chi connectivity index (χ4v) is 4.84. The number of fused-ring (bicyclic) bond motifs is 3. The fourth-order valence-electron chi connectivity index (χ4n) is 4.68. The van der Waals surface area contributed by atoms with E-state index in [0.717, 1.165) is 38.0 Å². The van der Waals surface area contributed by atoms with Crippen LogP contribution in [0.5, 0.6) is 0 Å². The van der Waals surface area contributed by atoms with Gasteiger partial charge in [0, 0.05) is 18.8 Å².